The number of amides is 1. The van der Waals surface area contributed by atoms with Gasteiger partial charge < -0.3 is 10.4 Å². The Kier molecular flexibility index (Phi) is 6.34. The summed E-state index contributed by atoms with van der Waals surface area (Å²) in [6.45, 7) is 0. The molecule has 2 aromatic rings. The van der Waals surface area contributed by atoms with Crippen LogP contribution in [0.2, 0.25) is 5.02 Å². The molecule has 1 fully saturated rings. The fraction of sp³-hybridized carbons (Fsp3) is 0.316. The van der Waals surface area contributed by atoms with Crippen molar-refractivity contribution >= 4 is 35.0 Å². The standard InChI is InChI=1S/C19H17ClF3NO2S/c20-14-5-4-10(6-17(14)27-13-3-1-2-12(25)9-13)19(26)24-11-7-15(21)18(23)16(22)8-11/h4-8,12-13,25H,1-3,9H2,(H,24,26). The first-order valence-electron chi connectivity index (χ1n) is 8.43. The van der Waals surface area contributed by atoms with E-state index < -0.39 is 23.4 Å². The van der Waals surface area contributed by atoms with Crippen molar-refractivity contribution in [1.82, 2.24) is 0 Å². The second-order valence-corrected chi connectivity index (χ2v) is 8.16. The molecule has 0 saturated heterocycles. The minimum absolute atomic E-state index is 0.184. The summed E-state index contributed by atoms with van der Waals surface area (Å²) in [6.07, 6.45) is 3.00. The summed E-state index contributed by atoms with van der Waals surface area (Å²) in [4.78, 5) is 13.1. The van der Waals surface area contributed by atoms with Crippen molar-refractivity contribution in [2.45, 2.75) is 41.9 Å². The smallest absolute Gasteiger partial charge is 0.255 e. The number of aliphatic hydroxyl groups is 1. The van der Waals surface area contributed by atoms with E-state index >= 15 is 0 Å². The van der Waals surface area contributed by atoms with Crippen molar-refractivity contribution in [3.05, 3.63) is 58.4 Å². The maximum absolute atomic E-state index is 13.3. The fourth-order valence-corrected chi connectivity index (χ4v) is 4.56. The molecule has 1 saturated carbocycles. The van der Waals surface area contributed by atoms with Gasteiger partial charge in [-0.15, -0.1) is 11.8 Å². The van der Waals surface area contributed by atoms with Crippen molar-refractivity contribution in [3.63, 3.8) is 0 Å². The van der Waals surface area contributed by atoms with E-state index in [0.29, 0.717) is 28.5 Å². The molecule has 0 heterocycles. The molecule has 2 unspecified atom stereocenters. The van der Waals surface area contributed by atoms with Crippen LogP contribution in [0.5, 0.6) is 0 Å². The molecule has 2 N–H and O–H groups in total. The van der Waals surface area contributed by atoms with Crippen LogP contribution in [0.3, 0.4) is 0 Å². The number of hydrogen-bond donors (Lipinski definition) is 2. The van der Waals surface area contributed by atoms with Crippen LogP contribution in [0.15, 0.2) is 35.2 Å². The Hall–Kier alpha value is -1.70. The van der Waals surface area contributed by atoms with Crippen molar-refractivity contribution < 1.29 is 23.1 Å². The lowest BCUT2D eigenvalue weighted by Gasteiger charge is -2.25. The second-order valence-electron chi connectivity index (χ2n) is 6.41. The Morgan fingerprint density at radius 3 is 2.52 bits per heavy atom. The molecule has 1 aliphatic rings. The van der Waals surface area contributed by atoms with E-state index in [4.69, 9.17) is 11.6 Å². The number of anilines is 1. The van der Waals surface area contributed by atoms with Gasteiger partial charge in [0.05, 0.1) is 11.1 Å². The summed E-state index contributed by atoms with van der Waals surface area (Å²) in [6, 6.07) is 6.09. The molecule has 1 aliphatic carbocycles. The van der Waals surface area contributed by atoms with E-state index in [1.807, 2.05) is 0 Å². The van der Waals surface area contributed by atoms with Gasteiger partial charge in [-0.1, -0.05) is 11.6 Å². The summed E-state index contributed by atoms with van der Waals surface area (Å²) in [5.41, 5.74) is 0.0688. The molecular weight excluding hydrogens is 399 g/mol. The number of carbonyl (C=O) groups excluding carboxylic acids is 1. The molecular formula is C19H17ClF3NO2S. The zero-order valence-electron chi connectivity index (χ0n) is 14.1. The van der Waals surface area contributed by atoms with Crippen LogP contribution in [-0.4, -0.2) is 22.4 Å². The van der Waals surface area contributed by atoms with Gasteiger partial charge in [-0.05, 0) is 43.9 Å². The van der Waals surface area contributed by atoms with Gasteiger partial charge in [0.2, 0.25) is 0 Å². The Balaban J connectivity index is 1.75. The Morgan fingerprint density at radius 2 is 1.85 bits per heavy atom. The van der Waals surface area contributed by atoms with Gasteiger partial charge in [0.25, 0.3) is 5.91 Å². The molecule has 144 valence electrons. The number of rotatable bonds is 4. The number of aliphatic hydroxyl groups excluding tert-OH is 1. The molecule has 0 aromatic heterocycles. The molecule has 1 amide bonds. The van der Waals surface area contributed by atoms with Crippen molar-refractivity contribution in [2.24, 2.45) is 0 Å². The number of nitrogens with one attached hydrogen (secondary N) is 1. The van der Waals surface area contributed by atoms with Crippen molar-refractivity contribution in [3.8, 4) is 0 Å². The lowest BCUT2D eigenvalue weighted by Crippen LogP contribution is -2.21. The topological polar surface area (TPSA) is 49.3 Å². The zero-order valence-corrected chi connectivity index (χ0v) is 15.7. The molecule has 3 rings (SSSR count). The number of thioether (sulfide) groups is 1. The van der Waals surface area contributed by atoms with Crippen LogP contribution in [0.4, 0.5) is 18.9 Å². The maximum Gasteiger partial charge on any atom is 0.255 e. The summed E-state index contributed by atoms with van der Waals surface area (Å²) in [5.74, 6) is -4.95. The predicted octanol–water partition coefficient (Wildman–Crippen LogP) is 5.41. The van der Waals surface area contributed by atoms with Gasteiger partial charge in [0.1, 0.15) is 0 Å². The normalized spacial score (nSPS) is 19.7. The molecule has 2 aromatic carbocycles. The van der Waals surface area contributed by atoms with Crippen LogP contribution in [0, 0.1) is 17.5 Å². The van der Waals surface area contributed by atoms with Crippen LogP contribution in [-0.2, 0) is 0 Å². The van der Waals surface area contributed by atoms with Gasteiger partial charge in [-0.25, -0.2) is 13.2 Å². The monoisotopic (exact) mass is 415 g/mol. The van der Waals surface area contributed by atoms with Gasteiger partial charge in [-0.3, -0.25) is 4.79 Å². The highest BCUT2D eigenvalue weighted by molar-refractivity contribution is 8.00. The minimum Gasteiger partial charge on any atom is -0.393 e. The average Bonchev–Trinajstić information content (AvgIpc) is 2.61. The van der Waals surface area contributed by atoms with Crippen LogP contribution >= 0.6 is 23.4 Å². The molecule has 0 bridgehead atoms. The molecule has 27 heavy (non-hydrogen) atoms. The second kappa shape index (κ2) is 8.54. The summed E-state index contributed by atoms with van der Waals surface area (Å²) >= 11 is 7.72. The Morgan fingerprint density at radius 1 is 1.15 bits per heavy atom. The number of hydrogen-bond acceptors (Lipinski definition) is 3. The molecule has 0 spiro atoms. The minimum atomic E-state index is -1.59. The highest BCUT2D eigenvalue weighted by atomic mass is 35.5. The summed E-state index contributed by atoms with van der Waals surface area (Å²) in [5, 5.41) is 12.8. The highest BCUT2D eigenvalue weighted by Crippen LogP contribution is 2.37. The third-order valence-electron chi connectivity index (χ3n) is 4.33. The predicted molar refractivity (Wildman–Crippen MR) is 99.8 cm³/mol. The number of halogens is 4. The first kappa shape index (κ1) is 20.0. The molecule has 2 atom stereocenters. The average molecular weight is 416 g/mol. The number of carbonyl (C=O) groups is 1. The summed E-state index contributed by atoms with van der Waals surface area (Å²) < 4.78 is 39.6. The first-order chi connectivity index (χ1) is 12.8. The van der Waals surface area contributed by atoms with Crippen LogP contribution in [0.1, 0.15) is 36.0 Å². The highest BCUT2D eigenvalue weighted by Gasteiger charge is 2.22. The lowest BCUT2D eigenvalue weighted by atomic mass is 9.97. The van der Waals surface area contributed by atoms with E-state index in [9.17, 15) is 23.1 Å². The summed E-state index contributed by atoms with van der Waals surface area (Å²) in [7, 11) is 0. The molecule has 3 nitrogen and oxygen atoms in total. The van der Waals surface area contributed by atoms with Gasteiger partial charge in [0.15, 0.2) is 17.5 Å². The van der Waals surface area contributed by atoms with E-state index in [1.54, 1.807) is 12.1 Å². The lowest BCUT2D eigenvalue weighted by molar-refractivity contribution is 0.102. The first-order valence-corrected chi connectivity index (χ1v) is 9.69. The van der Waals surface area contributed by atoms with Gasteiger partial charge >= 0.3 is 0 Å². The SMILES string of the molecule is O=C(Nc1cc(F)c(F)c(F)c1)c1ccc(Cl)c(SC2CCCC(O)C2)c1. The van der Waals surface area contributed by atoms with E-state index in [-0.39, 0.29) is 22.6 Å². The fourth-order valence-electron chi connectivity index (χ4n) is 2.97. The van der Waals surface area contributed by atoms with E-state index in [2.05, 4.69) is 5.32 Å². The van der Waals surface area contributed by atoms with Gasteiger partial charge in [-0.2, -0.15) is 0 Å². The maximum atomic E-state index is 13.3. The van der Waals surface area contributed by atoms with E-state index in [0.717, 1.165) is 19.3 Å². The molecule has 0 radical (unpaired) electrons. The van der Waals surface area contributed by atoms with Crippen molar-refractivity contribution in [1.29, 1.82) is 0 Å². The Labute approximate surface area is 163 Å². The molecule has 8 heteroatoms. The third-order valence-corrected chi connectivity index (χ3v) is 6.12. The Bertz CT molecular complexity index is 842. The van der Waals surface area contributed by atoms with Gasteiger partial charge in [0, 0.05) is 33.5 Å². The number of benzene rings is 2. The van der Waals surface area contributed by atoms with E-state index in [1.165, 1.54) is 17.8 Å². The zero-order chi connectivity index (χ0) is 19.6. The largest absolute Gasteiger partial charge is 0.393 e. The van der Waals surface area contributed by atoms with Crippen LogP contribution in [0.25, 0.3) is 0 Å². The van der Waals surface area contributed by atoms with Crippen molar-refractivity contribution in [2.75, 3.05) is 5.32 Å². The molecule has 0 aliphatic heterocycles. The third kappa shape index (κ3) is 4.97. The quantitative estimate of drug-likeness (QED) is 0.657. The van der Waals surface area contributed by atoms with Crippen LogP contribution < -0.4 is 5.32 Å².